The van der Waals surface area contributed by atoms with Crippen LogP contribution in [0.5, 0.6) is 0 Å². The van der Waals surface area contributed by atoms with Gasteiger partial charge in [-0.3, -0.25) is 0 Å². The SMILES string of the molecule is C[N+](C)(C)C1C2SP21=O.[I-]. The molecule has 2 fully saturated rings. The van der Waals surface area contributed by atoms with Gasteiger partial charge in [0.15, 0.2) is 5.78 Å². The number of fused-ring (bicyclic) bond motifs is 1. The highest BCUT2D eigenvalue weighted by molar-refractivity contribution is 8.79. The number of rotatable bonds is 1. The van der Waals surface area contributed by atoms with Crippen LogP contribution in [0, 0.1) is 0 Å². The van der Waals surface area contributed by atoms with Crippen LogP contribution in [0.15, 0.2) is 0 Å². The molecule has 0 N–H and O–H groups in total. The Balaban J connectivity index is 0.000000500. The predicted octanol–water partition coefficient (Wildman–Crippen LogP) is -1.61. The van der Waals surface area contributed by atoms with Gasteiger partial charge < -0.3 is 33.0 Å². The molecule has 0 aromatic carbocycles. The second-order valence-corrected chi connectivity index (χ2v) is 9.46. The summed E-state index contributed by atoms with van der Waals surface area (Å²) in [5.74, 6) is 0.516. The molecule has 0 aliphatic carbocycles. The highest BCUT2D eigenvalue weighted by Gasteiger charge is 2.85. The van der Waals surface area contributed by atoms with Crippen LogP contribution in [-0.2, 0) is 4.57 Å². The second-order valence-electron chi connectivity index (χ2n) is 3.67. The van der Waals surface area contributed by atoms with Crippen molar-refractivity contribution in [2.75, 3.05) is 21.1 Å². The van der Waals surface area contributed by atoms with Gasteiger partial charge >= 0.3 is 0 Å². The molecule has 0 aromatic rings. The van der Waals surface area contributed by atoms with Crippen LogP contribution in [0.2, 0.25) is 0 Å². The van der Waals surface area contributed by atoms with Gasteiger partial charge in [-0.25, -0.2) is 0 Å². The summed E-state index contributed by atoms with van der Waals surface area (Å²) in [6.45, 7) is 0. The maximum absolute atomic E-state index is 11.3. The summed E-state index contributed by atoms with van der Waals surface area (Å²) < 4.78 is 12.2. The van der Waals surface area contributed by atoms with E-state index in [1.807, 2.05) is 0 Å². The van der Waals surface area contributed by atoms with Crippen LogP contribution in [0.1, 0.15) is 0 Å². The minimum Gasteiger partial charge on any atom is -1.00 e. The summed E-state index contributed by atoms with van der Waals surface area (Å²) >= 11 is 1.70. The molecule has 2 nitrogen and oxygen atoms in total. The summed E-state index contributed by atoms with van der Waals surface area (Å²) in [6, 6.07) is 0. The van der Waals surface area contributed by atoms with E-state index in [4.69, 9.17) is 0 Å². The second kappa shape index (κ2) is 2.15. The van der Waals surface area contributed by atoms with Crippen molar-refractivity contribution >= 4 is 17.7 Å². The Bertz CT molecular complexity index is 214. The molecule has 2 rings (SSSR count). The molecule has 2 aliphatic rings. The quantitative estimate of drug-likeness (QED) is 0.250. The van der Waals surface area contributed by atoms with Crippen LogP contribution in [0.3, 0.4) is 0 Å². The standard InChI is InChI=1S/C5H11NOPS.HI/c1-6(2,3)4-5-8(4,7)9-5;/h4-5H,1-3H3;1H/q+1;/p-1. The van der Waals surface area contributed by atoms with E-state index < -0.39 is 6.34 Å². The fraction of sp³-hybridized carbons (Fsp3) is 1.00. The van der Waals surface area contributed by atoms with Gasteiger partial charge in [-0.2, -0.15) is 0 Å². The molecule has 3 atom stereocenters. The Morgan fingerprint density at radius 1 is 1.40 bits per heavy atom. The van der Waals surface area contributed by atoms with Crippen LogP contribution < -0.4 is 24.0 Å². The molecule has 5 heteroatoms. The minimum absolute atomic E-state index is 0. The molecule has 2 saturated heterocycles. The van der Waals surface area contributed by atoms with Gasteiger partial charge in [0.1, 0.15) is 4.99 Å². The molecule has 0 saturated carbocycles. The fourth-order valence-corrected chi connectivity index (χ4v) is 8.48. The van der Waals surface area contributed by atoms with Crippen molar-refractivity contribution in [1.29, 1.82) is 0 Å². The van der Waals surface area contributed by atoms with Gasteiger partial charge in [0.2, 0.25) is 6.34 Å². The average molecular weight is 291 g/mol. The van der Waals surface area contributed by atoms with Crippen LogP contribution in [0.25, 0.3) is 0 Å². The zero-order valence-corrected chi connectivity index (χ0v) is 10.1. The van der Waals surface area contributed by atoms with E-state index in [9.17, 15) is 4.57 Å². The predicted molar refractivity (Wildman–Crippen MR) is 40.8 cm³/mol. The molecule has 0 spiro atoms. The maximum atomic E-state index is 11.3. The van der Waals surface area contributed by atoms with Crippen molar-refractivity contribution in [3.05, 3.63) is 0 Å². The third kappa shape index (κ3) is 1.08. The van der Waals surface area contributed by atoms with Gasteiger partial charge in [0.05, 0.1) is 21.1 Å². The molecule has 2 heterocycles. The lowest BCUT2D eigenvalue weighted by atomic mass is 10.6. The summed E-state index contributed by atoms with van der Waals surface area (Å²) in [5.41, 5.74) is 0. The average Bonchev–Trinajstić information content (AvgIpc) is 2.17. The Labute approximate surface area is 82.5 Å². The van der Waals surface area contributed by atoms with Crippen molar-refractivity contribution in [2.24, 2.45) is 0 Å². The third-order valence-electron chi connectivity index (χ3n) is 1.91. The molecule has 0 aromatic heterocycles. The topological polar surface area (TPSA) is 17.1 Å². The molecule has 10 heavy (non-hydrogen) atoms. The Hall–Kier alpha value is 1.27. The highest BCUT2D eigenvalue weighted by atomic mass is 127. The van der Waals surface area contributed by atoms with Crippen LogP contribution >= 0.6 is 17.7 Å². The first kappa shape index (κ1) is 9.36. The first-order valence-electron chi connectivity index (χ1n) is 3.05. The van der Waals surface area contributed by atoms with Crippen LogP contribution in [0.4, 0.5) is 0 Å². The number of hydrogen-bond donors (Lipinski definition) is 0. The number of nitrogens with zero attached hydrogens (tertiary/aromatic N) is 1. The van der Waals surface area contributed by atoms with Gasteiger partial charge in [0, 0.05) is 0 Å². The van der Waals surface area contributed by atoms with E-state index in [1.165, 1.54) is 0 Å². The molecule has 0 amide bonds. The van der Waals surface area contributed by atoms with Crippen molar-refractivity contribution in [3.63, 3.8) is 0 Å². The summed E-state index contributed by atoms with van der Waals surface area (Å²) in [4.78, 5) is 0.567. The third-order valence-corrected chi connectivity index (χ3v) is 8.46. The molecule has 0 radical (unpaired) electrons. The normalized spacial score (nSPS) is 49.1. The Kier molecular flexibility index (Phi) is 2.01. The van der Waals surface area contributed by atoms with Gasteiger partial charge in [-0.1, -0.05) is 11.4 Å². The molecule has 2 aliphatic heterocycles. The smallest absolute Gasteiger partial charge is 0.216 e. The lowest BCUT2D eigenvalue weighted by molar-refractivity contribution is -0.874. The fourth-order valence-electron chi connectivity index (χ4n) is 1.32. The van der Waals surface area contributed by atoms with E-state index in [2.05, 4.69) is 21.1 Å². The Morgan fingerprint density at radius 2 is 1.80 bits per heavy atom. The largest absolute Gasteiger partial charge is 1.00 e. The summed E-state index contributed by atoms with van der Waals surface area (Å²) in [6.07, 6.45) is -1.57. The lowest BCUT2D eigenvalue weighted by Crippen LogP contribution is -3.00. The number of quaternary nitrogens is 1. The molecule has 60 valence electrons. The van der Waals surface area contributed by atoms with E-state index in [0.29, 0.717) is 10.8 Å². The van der Waals surface area contributed by atoms with Crippen molar-refractivity contribution in [3.8, 4) is 0 Å². The first-order chi connectivity index (χ1) is 3.96. The van der Waals surface area contributed by atoms with Gasteiger partial charge in [0.25, 0.3) is 0 Å². The zero-order valence-electron chi connectivity index (χ0n) is 6.24. The molecule has 3 unspecified atom stereocenters. The Morgan fingerprint density at radius 3 is 1.80 bits per heavy atom. The first-order valence-corrected chi connectivity index (χ1v) is 6.38. The summed E-state index contributed by atoms with van der Waals surface area (Å²) in [7, 11) is 6.37. The summed E-state index contributed by atoms with van der Waals surface area (Å²) in [5, 5.41) is 0. The highest BCUT2D eigenvalue weighted by Crippen LogP contribution is 3.05. The van der Waals surface area contributed by atoms with Crippen LogP contribution in [-0.4, -0.2) is 36.4 Å². The molecule has 0 bridgehead atoms. The van der Waals surface area contributed by atoms with Gasteiger partial charge in [-0.15, -0.1) is 0 Å². The van der Waals surface area contributed by atoms with E-state index >= 15 is 0 Å². The van der Waals surface area contributed by atoms with Crippen molar-refractivity contribution < 1.29 is 33.0 Å². The van der Waals surface area contributed by atoms with E-state index in [-0.39, 0.29) is 24.0 Å². The number of halogens is 1. The monoisotopic (exact) mass is 291 g/mol. The molecular weight excluding hydrogens is 280 g/mol. The maximum Gasteiger partial charge on any atom is 0.216 e. The van der Waals surface area contributed by atoms with Crippen molar-refractivity contribution in [2.45, 2.75) is 10.8 Å². The van der Waals surface area contributed by atoms with E-state index in [0.717, 1.165) is 4.48 Å². The number of hydrogen-bond acceptors (Lipinski definition) is 2. The minimum atomic E-state index is -1.57. The molecular formula is C5H11INOPS. The van der Waals surface area contributed by atoms with E-state index in [1.54, 1.807) is 11.4 Å². The lowest BCUT2D eigenvalue weighted by Gasteiger charge is -2.25. The zero-order chi connectivity index (χ0) is 6.86. The van der Waals surface area contributed by atoms with Crippen molar-refractivity contribution in [1.82, 2.24) is 0 Å². The van der Waals surface area contributed by atoms with Gasteiger partial charge in [-0.05, 0) is 0 Å².